The van der Waals surface area contributed by atoms with Crippen LogP contribution in [-0.4, -0.2) is 51.5 Å². The van der Waals surface area contributed by atoms with Gasteiger partial charge in [0.25, 0.3) is 5.91 Å². The lowest BCUT2D eigenvalue weighted by Gasteiger charge is -2.44. The zero-order valence-corrected chi connectivity index (χ0v) is 17.4. The quantitative estimate of drug-likeness (QED) is 0.676. The highest BCUT2D eigenvalue weighted by atomic mass is 32.2. The average Bonchev–Trinajstić information content (AvgIpc) is 2.74. The van der Waals surface area contributed by atoms with Crippen molar-refractivity contribution in [1.82, 2.24) is 9.62 Å². The predicted octanol–water partition coefficient (Wildman–Crippen LogP) is 2.91. The highest BCUT2D eigenvalue weighted by molar-refractivity contribution is 7.89. The van der Waals surface area contributed by atoms with Gasteiger partial charge in [0.1, 0.15) is 5.75 Å². The largest absolute Gasteiger partial charge is 0.435 e. The predicted molar refractivity (Wildman–Crippen MR) is 111 cm³/mol. The normalized spacial score (nSPS) is 23.0. The van der Waals surface area contributed by atoms with Crippen LogP contribution < -0.4 is 14.8 Å². The lowest BCUT2D eigenvalue weighted by atomic mass is 9.85. The number of benzene rings is 2. The smallest absolute Gasteiger partial charge is 0.387 e. The Bertz CT molecular complexity index is 1040. The van der Waals surface area contributed by atoms with Crippen LogP contribution in [0.3, 0.4) is 0 Å². The van der Waals surface area contributed by atoms with Crippen molar-refractivity contribution in [2.24, 2.45) is 5.92 Å². The highest BCUT2D eigenvalue weighted by Crippen LogP contribution is 2.29. The third kappa shape index (κ3) is 5.20. The Morgan fingerprint density at radius 2 is 1.81 bits per heavy atom. The van der Waals surface area contributed by atoms with Crippen LogP contribution in [0.25, 0.3) is 0 Å². The SMILES string of the molecule is O=C(Nc1cccc(S(=O)(=O)N[C@H]2CN3CCC2CC3)c1)c1ccc(OC(F)F)cc1. The third-order valence-electron chi connectivity index (χ3n) is 5.71. The van der Waals surface area contributed by atoms with Gasteiger partial charge in [-0.15, -0.1) is 0 Å². The average molecular weight is 451 g/mol. The molecule has 2 aromatic carbocycles. The number of nitrogens with zero attached hydrogens (tertiary/aromatic N) is 1. The van der Waals surface area contributed by atoms with Gasteiger partial charge in [-0.3, -0.25) is 4.79 Å². The van der Waals surface area contributed by atoms with Gasteiger partial charge in [-0.05, 0) is 74.3 Å². The van der Waals surface area contributed by atoms with E-state index >= 15 is 0 Å². The maximum absolute atomic E-state index is 12.9. The summed E-state index contributed by atoms with van der Waals surface area (Å²) in [6.07, 6.45) is 1.98. The van der Waals surface area contributed by atoms with Crippen molar-refractivity contribution in [2.75, 3.05) is 25.0 Å². The maximum Gasteiger partial charge on any atom is 0.387 e. The van der Waals surface area contributed by atoms with Gasteiger partial charge >= 0.3 is 6.61 Å². The summed E-state index contributed by atoms with van der Waals surface area (Å²) in [5.41, 5.74) is 0.537. The zero-order valence-electron chi connectivity index (χ0n) is 16.6. The van der Waals surface area contributed by atoms with E-state index < -0.39 is 22.5 Å². The minimum Gasteiger partial charge on any atom is -0.435 e. The Hall–Kier alpha value is -2.56. The van der Waals surface area contributed by atoms with Crippen molar-refractivity contribution >= 4 is 21.6 Å². The van der Waals surface area contributed by atoms with Gasteiger partial charge in [0, 0.05) is 23.8 Å². The third-order valence-corrected chi connectivity index (χ3v) is 7.19. The Kier molecular flexibility index (Phi) is 6.22. The van der Waals surface area contributed by atoms with Gasteiger partial charge in [0.05, 0.1) is 4.90 Å². The Labute approximate surface area is 179 Å². The van der Waals surface area contributed by atoms with Crippen LogP contribution in [0.2, 0.25) is 0 Å². The number of hydrogen-bond donors (Lipinski definition) is 2. The van der Waals surface area contributed by atoms with E-state index in [1.54, 1.807) is 12.1 Å². The molecule has 2 N–H and O–H groups in total. The number of hydrogen-bond acceptors (Lipinski definition) is 5. The number of nitrogens with one attached hydrogen (secondary N) is 2. The van der Waals surface area contributed by atoms with Crippen LogP contribution in [0.15, 0.2) is 53.4 Å². The molecule has 5 rings (SSSR count). The summed E-state index contributed by atoms with van der Waals surface area (Å²) in [7, 11) is -3.74. The standard InChI is InChI=1S/C21H23F2N3O4S/c22-21(23)30-17-6-4-15(5-7-17)20(27)24-16-2-1-3-18(12-16)31(28,29)25-19-13-26-10-8-14(19)9-11-26/h1-7,12,14,19,21,25H,8-11,13H2,(H,24,27)/t19-/m0/s1. The molecule has 1 atom stereocenters. The molecule has 166 valence electrons. The Balaban J connectivity index is 1.43. The number of carbonyl (C=O) groups excluding carboxylic acids is 1. The van der Waals surface area contributed by atoms with E-state index in [0.29, 0.717) is 18.2 Å². The molecule has 3 saturated heterocycles. The molecule has 1 amide bonds. The van der Waals surface area contributed by atoms with Crippen molar-refractivity contribution in [3.05, 3.63) is 54.1 Å². The molecule has 2 bridgehead atoms. The first-order valence-electron chi connectivity index (χ1n) is 10.0. The monoisotopic (exact) mass is 451 g/mol. The van der Waals surface area contributed by atoms with Gasteiger partial charge in [0.15, 0.2) is 0 Å². The first-order chi connectivity index (χ1) is 14.8. The van der Waals surface area contributed by atoms with Gasteiger partial charge < -0.3 is 15.0 Å². The summed E-state index contributed by atoms with van der Waals surface area (Å²) < 4.78 is 57.3. The summed E-state index contributed by atoms with van der Waals surface area (Å²) in [5.74, 6) is -0.207. The van der Waals surface area contributed by atoms with Gasteiger partial charge in [-0.1, -0.05) is 6.07 Å². The molecule has 0 aromatic heterocycles. The number of fused-ring (bicyclic) bond motifs is 3. The molecule has 3 aliphatic heterocycles. The second kappa shape index (κ2) is 8.89. The van der Waals surface area contributed by atoms with Crippen LogP contribution >= 0.6 is 0 Å². The molecule has 2 aromatic rings. The molecule has 3 aliphatic rings. The van der Waals surface area contributed by atoms with Crippen molar-refractivity contribution in [3.8, 4) is 5.75 Å². The molecule has 3 heterocycles. The van der Waals surface area contributed by atoms with Crippen molar-refractivity contribution in [3.63, 3.8) is 0 Å². The topological polar surface area (TPSA) is 87.7 Å². The second-order valence-corrected chi connectivity index (χ2v) is 9.46. The molecule has 10 heteroatoms. The van der Waals surface area contributed by atoms with Crippen LogP contribution in [0.4, 0.5) is 14.5 Å². The minimum absolute atomic E-state index is 0.0570. The van der Waals surface area contributed by atoms with Crippen molar-refractivity contribution in [2.45, 2.75) is 30.4 Å². The van der Waals surface area contributed by atoms with E-state index in [9.17, 15) is 22.0 Å². The number of rotatable bonds is 7. The molecule has 0 spiro atoms. The molecule has 0 saturated carbocycles. The summed E-state index contributed by atoms with van der Waals surface area (Å²) in [6.45, 7) is -0.204. The van der Waals surface area contributed by atoms with Gasteiger partial charge in [0.2, 0.25) is 10.0 Å². The first kappa shape index (κ1) is 21.7. The molecule has 7 nitrogen and oxygen atoms in total. The van der Waals surface area contributed by atoms with Gasteiger partial charge in [-0.2, -0.15) is 8.78 Å². The molecule has 0 aliphatic carbocycles. The molecule has 31 heavy (non-hydrogen) atoms. The lowest BCUT2D eigenvalue weighted by Crippen LogP contribution is -2.57. The van der Waals surface area contributed by atoms with Crippen LogP contribution in [0, 0.1) is 5.92 Å². The first-order valence-corrected chi connectivity index (χ1v) is 11.5. The van der Waals surface area contributed by atoms with Crippen molar-refractivity contribution < 1.29 is 26.7 Å². The summed E-state index contributed by atoms with van der Waals surface area (Å²) in [5, 5.41) is 2.63. The summed E-state index contributed by atoms with van der Waals surface area (Å²) in [4.78, 5) is 14.8. The number of piperidine rings is 3. The lowest BCUT2D eigenvalue weighted by molar-refractivity contribution is -0.0498. The fraction of sp³-hybridized carbons (Fsp3) is 0.381. The van der Waals surface area contributed by atoms with Crippen LogP contribution in [0.5, 0.6) is 5.75 Å². The minimum atomic E-state index is -3.74. The number of anilines is 1. The molecular formula is C21H23F2N3O4S. The van der Waals surface area contributed by atoms with Gasteiger partial charge in [-0.25, -0.2) is 13.1 Å². The molecule has 0 unspecified atom stereocenters. The Morgan fingerprint density at radius 3 is 2.42 bits per heavy atom. The fourth-order valence-corrected chi connectivity index (χ4v) is 5.44. The highest BCUT2D eigenvalue weighted by Gasteiger charge is 2.36. The number of sulfonamides is 1. The zero-order chi connectivity index (χ0) is 22.0. The van der Waals surface area contributed by atoms with Crippen LogP contribution in [-0.2, 0) is 10.0 Å². The number of alkyl halides is 2. The molecule has 0 radical (unpaired) electrons. The van der Waals surface area contributed by atoms with Crippen LogP contribution in [0.1, 0.15) is 23.2 Å². The number of amides is 1. The molecule has 3 fully saturated rings. The summed E-state index contributed by atoms with van der Waals surface area (Å²) >= 11 is 0. The number of halogens is 2. The van der Waals surface area contributed by atoms with Crippen molar-refractivity contribution in [1.29, 1.82) is 0 Å². The van der Waals surface area contributed by atoms with E-state index in [2.05, 4.69) is 19.7 Å². The van der Waals surface area contributed by atoms with E-state index in [1.165, 1.54) is 36.4 Å². The van der Waals surface area contributed by atoms with E-state index in [1.807, 2.05) is 0 Å². The van der Waals surface area contributed by atoms with E-state index in [4.69, 9.17) is 0 Å². The Morgan fingerprint density at radius 1 is 1.10 bits per heavy atom. The van der Waals surface area contributed by atoms with E-state index in [0.717, 1.165) is 25.9 Å². The number of ether oxygens (including phenoxy) is 1. The number of carbonyl (C=O) groups is 1. The fourth-order valence-electron chi connectivity index (χ4n) is 4.10. The summed E-state index contributed by atoms with van der Waals surface area (Å²) in [6, 6.07) is 11.1. The second-order valence-electron chi connectivity index (χ2n) is 7.75. The molecular weight excluding hydrogens is 428 g/mol. The van der Waals surface area contributed by atoms with E-state index in [-0.39, 0.29) is 22.3 Å². The maximum atomic E-state index is 12.9.